The summed E-state index contributed by atoms with van der Waals surface area (Å²) in [6.07, 6.45) is 1.20. The number of aromatic nitrogens is 6. The molecule has 0 spiro atoms. The highest BCUT2D eigenvalue weighted by Crippen LogP contribution is 2.23. The van der Waals surface area contributed by atoms with E-state index >= 15 is 0 Å². The third-order valence-electron chi connectivity index (χ3n) is 5.60. The van der Waals surface area contributed by atoms with Crippen LogP contribution >= 0.6 is 11.3 Å². The van der Waals surface area contributed by atoms with E-state index in [2.05, 4.69) is 25.2 Å². The van der Waals surface area contributed by atoms with Gasteiger partial charge in [-0.3, -0.25) is 14.2 Å². The predicted octanol–water partition coefficient (Wildman–Crippen LogP) is 4.32. The van der Waals surface area contributed by atoms with Crippen molar-refractivity contribution in [1.29, 1.82) is 0 Å². The van der Waals surface area contributed by atoms with Crippen LogP contribution in [-0.2, 0) is 17.8 Å². The molecule has 2 N–H and O–H groups in total. The highest BCUT2D eigenvalue weighted by atomic mass is 32.1. The van der Waals surface area contributed by atoms with Crippen LogP contribution in [0.4, 0.5) is 13.2 Å². The van der Waals surface area contributed by atoms with E-state index in [4.69, 9.17) is 19.9 Å². The first kappa shape index (κ1) is 28.4. The van der Waals surface area contributed by atoms with Crippen LogP contribution in [0.5, 0.6) is 0 Å². The van der Waals surface area contributed by atoms with Crippen molar-refractivity contribution in [3.05, 3.63) is 88.3 Å². The quantitative estimate of drug-likeness (QED) is 0.298. The van der Waals surface area contributed by atoms with Crippen molar-refractivity contribution in [2.24, 2.45) is 0 Å². The minimum atomic E-state index is -5.08. The molecule has 0 aliphatic rings. The smallest absolute Gasteiger partial charge is 0.475 e. The molecule has 208 valence electrons. The molecule has 5 rings (SSSR count). The van der Waals surface area contributed by atoms with Crippen molar-refractivity contribution < 1.29 is 27.9 Å². The maximum Gasteiger partial charge on any atom is 0.490 e. The highest BCUT2D eigenvalue weighted by Gasteiger charge is 2.38. The Morgan fingerprint density at radius 2 is 1.80 bits per heavy atom. The predicted molar refractivity (Wildman–Crippen MR) is 141 cm³/mol. The summed E-state index contributed by atoms with van der Waals surface area (Å²) in [6.45, 7) is 5.09. The van der Waals surface area contributed by atoms with Gasteiger partial charge in [-0.25, -0.2) is 19.7 Å². The second-order valence-electron chi connectivity index (χ2n) is 8.53. The van der Waals surface area contributed by atoms with Gasteiger partial charge in [-0.15, -0.1) is 11.3 Å². The number of thiazole rings is 1. The summed E-state index contributed by atoms with van der Waals surface area (Å²) < 4.78 is 35.7. The van der Waals surface area contributed by atoms with Gasteiger partial charge in [0.15, 0.2) is 11.5 Å². The first-order valence-electron chi connectivity index (χ1n) is 11.9. The maximum atomic E-state index is 13.0. The van der Waals surface area contributed by atoms with Crippen molar-refractivity contribution >= 4 is 28.7 Å². The Hall–Kier alpha value is -4.59. The van der Waals surface area contributed by atoms with Gasteiger partial charge in [0.1, 0.15) is 11.5 Å². The summed E-state index contributed by atoms with van der Waals surface area (Å²) in [7, 11) is 0. The molecule has 0 fully saturated rings. The second-order valence-corrected chi connectivity index (χ2v) is 9.59. The maximum absolute atomic E-state index is 13.0. The van der Waals surface area contributed by atoms with Gasteiger partial charge >= 0.3 is 12.1 Å². The Morgan fingerprint density at radius 1 is 1.05 bits per heavy atom. The van der Waals surface area contributed by atoms with Crippen LogP contribution in [0.2, 0.25) is 0 Å². The normalized spacial score (nSPS) is 11.2. The Morgan fingerprint density at radius 3 is 2.45 bits per heavy atom. The number of rotatable bonds is 7. The van der Waals surface area contributed by atoms with Gasteiger partial charge in [-0.2, -0.15) is 13.2 Å². The Labute approximate surface area is 230 Å². The van der Waals surface area contributed by atoms with E-state index in [0.29, 0.717) is 36.7 Å². The molecule has 0 saturated heterocycles. The van der Waals surface area contributed by atoms with Crippen molar-refractivity contribution in [2.75, 3.05) is 6.54 Å². The highest BCUT2D eigenvalue weighted by molar-refractivity contribution is 7.09. The lowest BCUT2D eigenvalue weighted by molar-refractivity contribution is -0.192. The number of imidazole rings is 2. The zero-order chi connectivity index (χ0) is 28.9. The van der Waals surface area contributed by atoms with E-state index in [9.17, 15) is 18.0 Å². The lowest BCUT2D eigenvalue weighted by Gasteiger charge is -2.03. The standard InChI is InChI=1S/C24H23N7OS.C2HF3O2/c1-16-27-20(14-30(16)13-19-15-33-17(2)28-19)23-29-22(21-8-4-6-12-31(21)23)24(32)26-11-9-18-7-3-5-10-25-18;3-2(4,5)1(6)7/h3-8,10,12,14-15H,9,11,13H2,1-2H3,(H,26,32);(H,6,7). The molecular formula is C26H24F3N7O3S. The fourth-order valence-electron chi connectivity index (χ4n) is 3.75. The molecule has 10 nitrogen and oxygen atoms in total. The van der Waals surface area contributed by atoms with Gasteiger partial charge in [0, 0.05) is 42.6 Å². The van der Waals surface area contributed by atoms with Crippen molar-refractivity contribution in [3.8, 4) is 11.5 Å². The fraction of sp³-hybridized carbons (Fsp3) is 0.231. The van der Waals surface area contributed by atoms with Crippen LogP contribution < -0.4 is 5.32 Å². The summed E-state index contributed by atoms with van der Waals surface area (Å²) >= 11 is 1.64. The third kappa shape index (κ3) is 6.88. The number of nitrogens with one attached hydrogen (secondary N) is 1. The minimum Gasteiger partial charge on any atom is -0.475 e. The van der Waals surface area contributed by atoms with E-state index in [1.807, 2.05) is 67.0 Å². The zero-order valence-corrected chi connectivity index (χ0v) is 22.2. The largest absolute Gasteiger partial charge is 0.490 e. The number of alkyl halides is 3. The number of fused-ring (bicyclic) bond motifs is 1. The number of carboxylic acid groups (broad SMARTS) is 1. The van der Waals surface area contributed by atoms with Crippen molar-refractivity contribution in [3.63, 3.8) is 0 Å². The number of pyridine rings is 2. The SMILES string of the molecule is Cc1nc(Cn2cc(-c3nc(C(=O)NCCc4ccccn4)c4ccccn34)nc2C)cs1.O=C(O)C(F)(F)F. The number of aryl methyl sites for hydroxylation is 2. The summed E-state index contributed by atoms with van der Waals surface area (Å²) in [5.74, 6) is -1.47. The molecule has 0 radical (unpaired) electrons. The molecular weight excluding hydrogens is 547 g/mol. The van der Waals surface area contributed by atoms with E-state index in [1.54, 1.807) is 17.5 Å². The van der Waals surface area contributed by atoms with Crippen LogP contribution in [0.25, 0.3) is 17.0 Å². The van der Waals surface area contributed by atoms with Crippen LogP contribution in [0.3, 0.4) is 0 Å². The first-order chi connectivity index (χ1) is 19.0. The van der Waals surface area contributed by atoms with Crippen LogP contribution in [-0.4, -0.2) is 58.6 Å². The summed E-state index contributed by atoms with van der Waals surface area (Å²) in [5, 5.41) is 13.2. The molecule has 5 heterocycles. The number of nitrogens with zero attached hydrogens (tertiary/aromatic N) is 6. The molecule has 40 heavy (non-hydrogen) atoms. The number of hydrogen-bond donors (Lipinski definition) is 2. The molecule has 0 aliphatic carbocycles. The average Bonchev–Trinajstić information content (AvgIpc) is 3.61. The fourth-order valence-corrected chi connectivity index (χ4v) is 4.35. The number of amides is 1. The number of hydrogen-bond acceptors (Lipinski definition) is 7. The number of carboxylic acids is 1. The van der Waals surface area contributed by atoms with Crippen molar-refractivity contribution in [1.82, 2.24) is 34.2 Å². The number of carbonyl (C=O) groups is 2. The Kier molecular flexibility index (Phi) is 8.58. The summed E-state index contributed by atoms with van der Waals surface area (Å²) in [6, 6.07) is 11.5. The van der Waals surface area contributed by atoms with Crippen molar-refractivity contribution in [2.45, 2.75) is 33.0 Å². The molecule has 1 amide bonds. The molecule has 14 heteroatoms. The molecule has 0 unspecified atom stereocenters. The Balaban J connectivity index is 0.000000470. The summed E-state index contributed by atoms with van der Waals surface area (Å²) in [5.41, 5.74) is 3.78. The second kappa shape index (κ2) is 12.1. The topological polar surface area (TPSA) is 127 Å². The van der Waals surface area contributed by atoms with Crippen LogP contribution in [0.1, 0.15) is 32.7 Å². The third-order valence-corrected chi connectivity index (χ3v) is 6.43. The molecule has 0 aromatic carbocycles. The molecule has 0 bridgehead atoms. The van der Waals surface area contributed by atoms with Crippen LogP contribution in [0.15, 0.2) is 60.4 Å². The van der Waals surface area contributed by atoms with Gasteiger partial charge in [0.05, 0.1) is 22.8 Å². The number of halogens is 3. The number of carbonyl (C=O) groups excluding carboxylic acids is 1. The molecule has 5 aromatic heterocycles. The van der Waals surface area contributed by atoms with Gasteiger partial charge in [0.2, 0.25) is 0 Å². The van der Waals surface area contributed by atoms with Gasteiger partial charge in [-0.1, -0.05) is 12.1 Å². The van der Waals surface area contributed by atoms with Gasteiger partial charge in [0.25, 0.3) is 5.91 Å². The lowest BCUT2D eigenvalue weighted by atomic mass is 10.2. The zero-order valence-electron chi connectivity index (χ0n) is 21.4. The minimum absolute atomic E-state index is 0.213. The van der Waals surface area contributed by atoms with E-state index in [0.717, 1.165) is 27.7 Å². The van der Waals surface area contributed by atoms with Gasteiger partial charge in [-0.05, 0) is 38.1 Å². The lowest BCUT2D eigenvalue weighted by Crippen LogP contribution is -2.26. The van der Waals surface area contributed by atoms with E-state index in [-0.39, 0.29) is 5.91 Å². The van der Waals surface area contributed by atoms with Gasteiger partial charge < -0.3 is 15.0 Å². The molecule has 0 aliphatic heterocycles. The molecule has 5 aromatic rings. The molecule has 0 atom stereocenters. The first-order valence-corrected chi connectivity index (χ1v) is 12.8. The van der Waals surface area contributed by atoms with E-state index < -0.39 is 12.1 Å². The Bertz CT molecular complexity index is 1630. The molecule has 0 saturated carbocycles. The summed E-state index contributed by atoms with van der Waals surface area (Å²) in [4.78, 5) is 40.1. The average molecular weight is 572 g/mol. The number of aliphatic carboxylic acids is 1. The monoisotopic (exact) mass is 571 g/mol. The van der Waals surface area contributed by atoms with Crippen LogP contribution in [0, 0.1) is 13.8 Å². The van der Waals surface area contributed by atoms with E-state index in [1.165, 1.54) is 0 Å².